The van der Waals surface area contributed by atoms with Crippen molar-refractivity contribution in [3.05, 3.63) is 11.0 Å². The first kappa shape index (κ1) is 10.1. The van der Waals surface area contributed by atoms with Crippen LogP contribution in [0.4, 0.5) is 0 Å². The van der Waals surface area contributed by atoms with Crippen LogP contribution in [0.3, 0.4) is 0 Å². The first-order valence-corrected chi connectivity index (χ1v) is 4.48. The van der Waals surface area contributed by atoms with Crippen molar-refractivity contribution < 1.29 is 9.31 Å². The third-order valence-electron chi connectivity index (χ3n) is 1.42. The van der Waals surface area contributed by atoms with Crippen LogP contribution in [0.5, 0.6) is 0 Å². The molecule has 1 fully saturated rings. The van der Waals surface area contributed by atoms with Gasteiger partial charge in [-0.2, -0.15) is 0 Å². The molecule has 0 aromatic heterocycles. The largest absolute Gasteiger partial charge is 0.505 e. The smallest absolute Gasteiger partial charge is 0.404 e. The van der Waals surface area contributed by atoms with Gasteiger partial charge >= 0.3 is 7.12 Å². The van der Waals surface area contributed by atoms with E-state index in [0.717, 1.165) is 0 Å². The highest BCUT2D eigenvalue weighted by Crippen LogP contribution is 2.22. The molecule has 0 radical (unpaired) electrons. The molecule has 0 aromatic rings. The molecule has 1 aliphatic heterocycles. The van der Waals surface area contributed by atoms with Gasteiger partial charge in [0, 0.05) is 4.93 Å². The average Bonchev–Trinajstić information content (AvgIpc) is 2.32. The van der Waals surface area contributed by atoms with E-state index in [-0.39, 0.29) is 12.5 Å². The van der Waals surface area contributed by atoms with Gasteiger partial charge in [-0.15, -0.1) is 0 Å². The lowest BCUT2D eigenvalue weighted by Crippen LogP contribution is -2.16. The van der Waals surface area contributed by atoms with Gasteiger partial charge in [-0.3, -0.25) is 0 Å². The Morgan fingerprint density at radius 2 is 1.83 bits per heavy atom. The molecule has 0 unspecified atom stereocenters. The molecular weight excluding hydrogens is 174 g/mol. The molecule has 2 nitrogen and oxygen atoms in total. The Kier molecular flexibility index (Phi) is 3.21. The van der Waals surface area contributed by atoms with E-state index in [0.29, 0.717) is 18.1 Å². The Bertz CT molecular complexity index is 180. The summed E-state index contributed by atoms with van der Waals surface area (Å²) >= 11 is 5.98. The highest BCUT2D eigenvalue weighted by molar-refractivity contribution is 6.69. The maximum atomic E-state index is 5.98. The highest BCUT2D eigenvalue weighted by atomic mass is 35.5. The van der Waals surface area contributed by atoms with Crippen molar-refractivity contribution in [1.82, 2.24) is 0 Å². The summed E-state index contributed by atoms with van der Waals surface area (Å²) in [4.78, 5) is 0.653. The third kappa shape index (κ3) is 3.17. The molecule has 1 aliphatic rings. The van der Waals surface area contributed by atoms with Gasteiger partial charge in [0.05, 0.1) is 13.2 Å². The Balaban J connectivity index is 2.56. The van der Waals surface area contributed by atoms with Gasteiger partial charge in [-0.05, 0) is 5.41 Å². The Labute approximate surface area is 79.0 Å². The summed E-state index contributed by atoms with van der Waals surface area (Å²) in [5, 5.41) is 0. The molecule has 12 heavy (non-hydrogen) atoms. The van der Waals surface area contributed by atoms with Crippen molar-refractivity contribution in [3.63, 3.8) is 0 Å². The van der Waals surface area contributed by atoms with Crippen molar-refractivity contribution >= 4 is 18.7 Å². The van der Waals surface area contributed by atoms with Crippen LogP contribution in [0.2, 0.25) is 0 Å². The highest BCUT2D eigenvalue weighted by Gasteiger charge is 2.28. The minimum Gasteiger partial charge on any atom is -0.404 e. The van der Waals surface area contributed by atoms with Crippen LogP contribution >= 0.6 is 11.6 Å². The Hall–Kier alpha value is 0.0149. The molecule has 0 bridgehead atoms. The summed E-state index contributed by atoms with van der Waals surface area (Å²) < 4.78 is 10.5. The minimum absolute atomic E-state index is 0.0758. The minimum atomic E-state index is -0.328. The topological polar surface area (TPSA) is 18.5 Å². The van der Waals surface area contributed by atoms with E-state index in [1.54, 1.807) is 0 Å². The number of hydrogen-bond acceptors (Lipinski definition) is 2. The van der Waals surface area contributed by atoms with Crippen LogP contribution in [0.15, 0.2) is 11.0 Å². The number of allylic oxidation sites excluding steroid dienone is 1. The fraction of sp³-hybridized carbons (Fsp3) is 0.750. The van der Waals surface area contributed by atoms with E-state index in [2.05, 4.69) is 20.8 Å². The van der Waals surface area contributed by atoms with Crippen molar-refractivity contribution in [2.75, 3.05) is 13.2 Å². The van der Waals surface area contributed by atoms with Gasteiger partial charge < -0.3 is 9.31 Å². The standard InChI is InChI=1S/C8H14BClO2/c1-8(2,3)6-7(10)9-11-4-5-12-9/h6H,4-5H2,1-3H3. The molecule has 0 atom stereocenters. The summed E-state index contributed by atoms with van der Waals surface area (Å²) in [5.74, 6) is 0. The van der Waals surface area contributed by atoms with Crippen LogP contribution in [-0.4, -0.2) is 20.3 Å². The Morgan fingerprint density at radius 1 is 1.33 bits per heavy atom. The SMILES string of the molecule is CC(C)(C)C=C(Cl)B1OCCO1. The summed E-state index contributed by atoms with van der Waals surface area (Å²) in [5.41, 5.74) is 0.0758. The lowest BCUT2D eigenvalue weighted by atomic mass is 9.84. The zero-order chi connectivity index (χ0) is 9.19. The lowest BCUT2D eigenvalue weighted by Gasteiger charge is -2.13. The van der Waals surface area contributed by atoms with Gasteiger partial charge in [-0.25, -0.2) is 0 Å². The van der Waals surface area contributed by atoms with Crippen LogP contribution in [0.25, 0.3) is 0 Å². The van der Waals surface area contributed by atoms with Crippen LogP contribution < -0.4 is 0 Å². The lowest BCUT2D eigenvalue weighted by molar-refractivity contribution is 0.365. The molecule has 1 rings (SSSR count). The first-order chi connectivity index (χ1) is 5.49. The van der Waals surface area contributed by atoms with Gasteiger partial charge in [0.15, 0.2) is 0 Å². The number of rotatable bonds is 1. The zero-order valence-corrected chi connectivity index (χ0v) is 8.52. The molecule has 1 heterocycles. The van der Waals surface area contributed by atoms with Gasteiger partial charge in [-0.1, -0.05) is 38.4 Å². The first-order valence-electron chi connectivity index (χ1n) is 4.10. The van der Waals surface area contributed by atoms with Gasteiger partial charge in [0.1, 0.15) is 0 Å². The van der Waals surface area contributed by atoms with Crippen LogP contribution in [0, 0.1) is 5.41 Å². The molecule has 0 spiro atoms. The fourth-order valence-electron chi connectivity index (χ4n) is 0.999. The quantitative estimate of drug-likeness (QED) is 0.588. The second-order valence-corrected chi connectivity index (χ2v) is 4.41. The molecule has 0 aliphatic carbocycles. The van der Waals surface area contributed by atoms with Crippen molar-refractivity contribution in [1.29, 1.82) is 0 Å². The summed E-state index contributed by atoms with van der Waals surface area (Å²) in [6.07, 6.45) is 1.96. The molecule has 0 N–H and O–H groups in total. The third-order valence-corrected chi connectivity index (χ3v) is 1.71. The number of halogens is 1. The van der Waals surface area contributed by atoms with Gasteiger partial charge in [0.25, 0.3) is 0 Å². The molecule has 68 valence electrons. The zero-order valence-electron chi connectivity index (χ0n) is 7.76. The van der Waals surface area contributed by atoms with Crippen molar-refractivity contribution in [3.8, 4) is 0 Å². The fourth-order valence-corrected chi connectivity index (χ4v) is 1.45. The van der Waals surface area contributed by atoms with E-state index >= 15 is 0 Å². The van der Waals surface area contributed by atoms with Crippen molar-refractivity contribution in [2.45, 2.75) is 20.8 Å². The predicted molar refractivity (Wildman–Crippen MR) is 51.0 cm³/mol. The molecular formula is C8H14BClO2. The van der Waals surface area contributed by atoms with E-state index in [1.807, 2.05) is 6.08 Å². The molecule has 0 aromatic carbocycles. The molecule has 0 saturated carbocycles. The second kappa shape index (κ2) is 3.82. The second-order valence-electron chi connectivity index (χ2n) is 3.97. The van der Waals surface area contributed by atoms with E-state index in [4.69, 9.17) is 20.9 Å². The summed E-state index contributed by atoms with van der Waals surface area (Å²) in [7, 11) is -0.328. The van der Waals surface area contributed by atoms with E-state index < -0.39 is 0 Å². The maximum Gasteiger partial charge on any atom is 0.505 e. The normalized spacial score (nSPS) is 20.3. The number of hydrogen-bond donors (Lipinski definition) is 0. The average molecular weight is 188 g/mol. The van der Waals surface area contributed by atoms with Crippen LogP contribution in [-0.2, 0) is 9.31 Å². The van der Waals surface area contributed by atoms with Crippen LogP contribution in [0.1, 0.15) is 20.8 Å². The summed E-state index contributed by atoms with van der Waals surface area (Å²) in [6.45, 7) is 7.54. The molecule has 4 heteroatoms. The molecule has 0 amide bonds. The monoisotopic (exact) mass is 188 g/mol. The predicted octanol–water partition coefficient (Wildman–Crippen LogP) is 2.23. The maximum absolute atomic E-state index is 5.98. The van der Waals surface area contributed by atoms with Crippen molar-refractivity contribution in [2.24, 2.45) is 5.41 Å². The van der Waals surface area contributed by atoms with Gasteiger partial charge in [0.2, 0.25) is 0 Å². The molecule has 1 saturated heterocycles. The summed E-state index contributed by atoms with van der Waals surface area (Å²) in [6, 6.07) is 0. The van der Waals surface area contributed by atoms with E-state index in [1.165, 1.54) is 0 Å². The van der Waals surface area contributed by atoms with E-state index in [9.17, 15) is 0 Å². The Morgan fingerprint density at radius 3 is 2.25 bits per heavy atom.